The average molecular weight is 225 g/mol. The van der Waals surface area contributed by atoms with Crippen LogP contribution in [0.4, 0.5) is 5.69 Å². The van der Waals surface area contributed by atoms with Crippen molar-refractivity contribution in [1.29, 1.82) is 0 Å². The van der Waals surface area contributed by atoms with Crippen LogP contribution >= 0.6 is 11.6 Å². The van der Waals surface area contributed by atoms with Gasteiger partial charge in [0, 0.05) is 6.54 Å². The third kappa shape index (κ3) is 2.86. The summed E-state index contributed by atoms with van der Waals surface area (Å²) in [6.45, 7) is 4.29. The monoisotopic (exact) mass is 224 g/mol. The Morgan fingerprint density at radius 2 is 2.27 bits per heavy atom. The molecule has 3 heteroatoms. The van der Waals surface area contributed by atoms with E-state index in [1.54, 1.807) is 0 Å². The van der Waals surface area contributed by atoms with Crippen molar-refractivity contribution in [3.63, 3.8) is 0 Å². The van der Waals surface area contributed by atoms with Gasteiger partial charge in [-0.1, -0.05) is 24.6 Å². The third-order valence-corrected chi connectivity index (χ3v) is 3.40. The Morgan fingerprint density at radius 1 is 1.53 bits per heavy atom. The molecular weight excluding hydrogens is 208 g/mol. The molecular formula is C12H17ClN2. The SMILES string of the molecule is CC1CC1CNCc1ccc(N)c(Cl)c1. The summed E-state index contributed by atoms with van der Waals surface area (Å²) in [4.78, 5) is 0. The normalized spacial score (nSPS) is 24.1. The predicted octanol–water partition coefficient (Wildman–Crippen LogP) is 2.67. The van der Waals surface area contributed by atoms with Gasteiger partial charge >= 0.3 is 0 Å². The first-order valence-electron chi connectivity index (χ1n) is 5.41. The van der Waals surface area contributed by atoms with Crippen molar-refractivity contribution in [2.45, 2.75) is 19.9 Å². The lowest BCUT2D eigenvalue weighted by Crippen LogP contribution is -2.16. The molecule has 0 aliphatic heterocycles. The minimum Gasteiger partial charge on any atom is -0.398 e. The van der Waals surface area contributed by atoms with E-state index in [0.29, 0.717) is 10.7 Å². The second kappa shape index (κ2) is 4.42. The zero-order valence-corrected chi connectivity index (χ0v) is 9.72. The van der Waals surface area contributed by atoms with Gasteiger partial charge in [0.1, 0.15) is 0 Å². The lowest BCUT2D eigenvalue weighted by Gasteiger charge is -2.05. The van der Waals surface area contributed by atoms with Crippen LogP contribution in [0.25, 0.3) is 0 Å². The Hall–Kier alpha value is -0.730. The molecule has 1 aliphatic rings. The minimum absolute atomic E-state index is 0.647. The number of nitrogen functional groups attached to an aromatic ring is 1. The molecule has 1 saturated carbocycles. The van der Waals surface area contributed by atoms with Crippen molar-refractivity contribution in [1.82, 2.24) is 5.32 Å². The van der Waals surface area contributed by atoms with Crippen molar-refractivity contribution in [2.24, 2.45) is 11.8 Å². The maximum absolute atomic E-state index is 5.94. The number of rotatable bonds is 4. The standard InChI is InChI=1S/C12H17ClN2/c1-8-4-10(8)7-15-6-9-2-3-12(14)11(13)5-9/h2-3,5,8,10,15H,4,6-7,14H2,1H3. The molecule has 1 fully saturated rings. The average Bonchev–Trinajstić information content (AvgIpc) is 2.88. The fourth-order valence-electron chi connectivity index (χ4n) is 1.77. The van der Waals surface area contributed by atoms with E-state index in [1.165, 1.54) is 12.0 Å². The number of halogens is 1. The van der Waals surface area contributed by atoms with Gasteiger partial charge in [0.15, 0.2) is 0 Å². The van der Waals surface area contributed by atoms with Crippen LogP contribution in [0.1, 0.15) is 18.9 Å². The first-order valence-corrected chi connectivity index (χ1v) is 5.79. The van der Waals surface area contributed by atoms with Gasteiger partial charge in [-0.05, 0) is 42.5 Å². The number of hydrogen-bond donors (Lipinski definition) is 2. The van der Waals surface area contributed by atoms with Crippen LogP contribution in [0, 0.1) is 11.8 Å². The molecule has 1 aliphatic carbocycles. The molecule has 15 heavy (non-hydrogen) atoms. The molecule has 0 spiro atoms. The summed E-state index contributed by atoms with van der Waals surface area (Å²) in [7, 11) is 0. The highest BCUT2D eigenvalue weighted by atomic mass is 35.5. The van der Waals surface area contributed by atoms with Crippen molar-refractivity contribution < 1.29 is 0 Å². The Balaban J connectivity index is 1.80. The van der Waals surface area contributed by atoms with Crippen LogP contribution < -0.4 is 11.1 Å². The molecule has 0 radical (unpaired) electrons. The highest BCUT2D eigenvalue weighted by molar-refractivity contribution is 6.33. The van der Waals surface area contributed by atoms with Crippen LogP contribution in [0.3, 0.4) is 0 Å². The lowest BCUT2D eigenvalue weighted by molar-refractivity contribution is 0.612. The van der Waals surface area contributed by atoms with Gasteiger partial charge in [0.25, 0.3) is 0 Å². The Morgan fingerprint density at radius 3 is 2.87 bits per heavy atom. The molecule has 2 rings (SSSR count). The molecule has 0 heterocycles. The van der Waals surface area contributed by atoms with Crippen LogP contribution in [0.15, 0.2) is 18.2 Å². The van der Waals surface area contributed by atoms with Crippen LogP contribution in [-0.2, 0) is 6.54 Å². The van der Waals surface area contributed by atoms with Gasteiger partial charge in [0.05, 0.1) is 10.7 Å². The van der Waals surface area contributed by atoms with E-state index < -0.39 is 0 Å². The second-order valence-electron chi connectivity index (χ2n) is 4.46. The molecule has 2 nitrogen and oxygen atoms in total. The maximum Gasteiger partial charge on any atom is 0.0638 e. The summed E-state index contributed by atoms with van der Waals surface area (Å²) in [5, 5.41) is 4.09. The predicted molar refractivity (Wildman–Crippen MR) is 64.8 cm³/mol. The highest BCUT2D eigenvalue weighted by Crippen LogP contribution is 2.36. The van der Waals surface area contributed by atoms with Gasteiger partial charge in [-0.2, -0.15) is 0 Å². The highest BCUT2D eigenvalue weighted by Gasteiger charge is 2.31. The number of anilines is 1. The molecule has 0 amide bonds. The van der Waals surface area contributed by atoms with E-state index >= 15 is 0 Å². The topological polar surface area (TPSA) is 38.0 Å². The maximum atomic E-state index is 5.94. The molecule has 1 aromatic rings. The molecule has 0 aromatic heterocycles. The minimum atomic E-state index is 0.647. The van der Waals surface area contributed by atoms with E-state index in [-0.39, 0.29) is 0 Å². The summed E-state index contributed by atoms with van der Waals surface area (Å²) in [6.07, 6.45) is 1.37. The smallest absolute Gasteiger partial charge is 0.0638 e. The van der Waals surface area contributed by atoms with Crippen LogP contribution in [0.5, 0.6) is 0 Å². The zero-order chi connectivity index (χ0) is 10.8. The van der Waals surface area contributed by atoms with Crippen molar-refractivity contribution in [3.8, 4) is 0 Å². The Labute approximate surface area is 95.8 Å². The van der Waals surface area contributed by atoms with E-state index in [1.807, 2.05) is 18.2 Å². The van der Waals surface area contributed by atoms with Crippen molar-refractivity contribution in [2.75, 3.05) is 12.3 Å². The molecule has 1 aromatic carbocycles. The fraction of sp³-hybridized carbons (Fsp3) is 0.500. The Bertz CT molecular complexity index is 351. The molecule has 82 valence electrons. The molecule has 2 unspecified atom stereocenters. The van der Waals surface area contributed by atoms with Crippen LogP contribution in [0.2, 0.25) is 5.02 Å². The third-order valence-electron chi connectivity index (χ3n) is 3.08. The van der Waals surface area contributed by atoms with E-state index in [4.69, 9.17) is 17.3 Å². The van der Waals surface area contributed by atoms with Gasteiger partial charge < -0.3 is 11.1 Å². The molecule has 2 atom stereocenters. The number of nitrogens with two attached hydrogens (primary N) is 1. The largest absolute Gasteiger partial charge is 0.398 e. The van der Waals surface area contributed by atoms with E-state index in [9.17, 15) is 0 Å². The zero-order valence-electron chi connectivity index (χ0n) is 8.96. The second-order valence-corrected chi connectivity index (χ2v) is 4.87. The van der Waals surface area contributed by atoms with Crippen molar-refractivity contribution in [3.05, 3.63) is 28.8 Å². The summed E-state index contributed by atoms with van der Waals surface area (Å²) >= 11 is 5.94. The number of benzene rings is 1. The molecule has 0 bridgehead atoms. The molecule has 0 saturated heterocycles. The van der Waals surface area contributed by atoms with Gasteiger partial charge in [0.2, 0.25) is 0 Å². The van der Waals surface area contributed by atoms with Gasteiger partial charge in [-0.3, -0.25) is 0 Å². The Kier molecular flexibility index (Phi) is 3.17. The van der Waals surface area contributed by atoms with Gasteiger partial charge in [-0.25, -0.2) is 0 Å². The summed E-state index contributed by atoms with van der Waals surface area (Å²) in [5.74, 6) is 1.79. The fourth-order valence-corrected chi connectivity index (χ4v) is 1.97. The van der Waals surface area contributed by atoms with Crippen LogP contribution in [-0.4, -0.2) is 6.54 Å². The summed E-state index contributed by atoms with van der Waals surface area (Å²) < 4.78 is 0. The van der Waals surface area contributed by atoms with Gasteiger partial charge in [-0.15, -0.1) is 0 Å². The lowest BCUT2D eigenvalue weighted by atomic mass is 10.2. The first kappa shape index (κ1) is 10.8. The first-order chi connectivity index (χ1) is 7.16. The number of nitrogens with one attached hydrogen (secondary N) is 1. The molecule has 3 N–H and O–H groups in total. The van der Waals surface area contributed by atoms with E-state index in [2.05, 4.69) is 12.2 Å². The van der Waals surface area contributed by atoms with Crippen molar-refractivity contribution >= 4 is 17.3 Å². The number of hydrogen-bond acceptors (Lipinski definition) is 2. The quantitative estimate of drug-likeness (QED) is 0.772. The summed E-state index contributed by atoms with van der Waals surface area (Å²) in [5.41, 5.74) is 7.49. The summed E-state index contributed by atoms with van der Waals surface area (Å²) in [6, 6.07) is 5.81. The van der Waals surface area contributed by atoms with E-state index in [0.717, 1.165) is 24.9 Å².